The summed E-state index contributed by atoms with van der Waals surface area (Å²) in [5.74, 6) is -0.777. The van der Waals surface area contributed by atoms with Gasteiger partial charge in [0, 0.05) is 17.6 Å². The van der Waals surface area contributed by atoms with E-state index in [4.69, 9.17) is 4.74 Å². The summed E-state index contributed by atoms with van der Waals surface area (Å²) in [5.41, 5.74) is -1.49. The predicted octanol–water partition coefficient (Wildman–Crippen LogP) is 4.17. The summed E-state index contributed by atoms with van der Waals surface area (Å²) in [4.78, 5) is 24.5. The maximum Gasteiger partial charge on any atom is 0.416 e. The fourth-order valence-electron chi connectivity index (χ4n) is 2.44. The van der Waals surface area contributed by atoms with Gasteiger partial charge in [0.15, 0.2) is 0 Å². The Morgan fingerprint density at radius 1 is 1.29 bits per heavy atom. The van der Waals surface area contributed by atoms with E-state index in [2.05, 4.69) is 0 Å². The van der Waals surface area contributed by atoms with Crippen molar-refractivity contribution in [2.24, 2.45) is 0 Å². The van der Waals surface area contributed by atoms with Gasteiger partial charge in [-0.05, 0) is 38.5 Å². The van der Waals surface area contributed by atoms with Crippen molar-refractivity contribution in [3.05, 3.63) is 45.7 Å². The van der Waals surface area contributed by atoms with E-state index in [1.165, 1.54) is 10.8 Å². The lowest BCUT2D eigenvalue weighted by Crippen LogP contribution is -2.22. The van der Waals surface area contributed by atoms with Crippen molar-refractivity contribution in [1.29, 1.82) is 0 Å². The average Bonchev–Trinajstić information content (AvgIpc) is 2.53. The third-order valence-electron chi connectivity index (χ3n) is 3.92. The molecule has 0 aliphatic rings. The third-order valence-corrected chi connectivity index (χ3v) is 3.92. The van der Waals surface area contributed by atoms with Crippen LogP contribution in [0.1, 0.15) is 49.2 Å². The molecule has 0 N–H and O–H groups in total. The molecule has 0 fully saturated rings. The highest BCUT2D eigenvalue weighted by Gasteiger charge is 2.31. The van der Waals surface area contributed by atoms with Crippen molar-refractivity contribution in [3.8, 4) is 0 Å². The highest BCUT2D eigenvalue weighted by atomic mass is 19.4. The largest absolute Gasteiger partial charge is 0.462 e. The fraction of sp³-hybridized carbons (Fsp3) is 0.412. The molecule has 0 radical (unpaired) electrons. The van der Waals surface area contributed by atoms with Gasteiger partial charge in [-0.2, -0.15) is 13.2 Å². The Morgan fingerprint density at radius 3 is 2.50 bits per heavy atom. The van der Waals surface area contributed by atoms with Crippen molar-refractivity contribution in [3.63, 3.8) is 0 Å². The Balaban J connectivity index is 2.82. The van der Waals surface area contributed by atoms with Crippen LogP contribution >= 0.6 is 0 Å². The number of pyridine rings is 1. The molecule has 0 aliphatic carbocycles. The molecule has 1 heterocycles. The number of fused-ring (bicyclic) bond motifs is 1. The zero-order chi connectivity index (χ0) is 18.1. The molecule has 0 unspecified atom stereocenters. The Morgan fingerprint density at radius 2 is 1.96 bits per heavy atom. The van der Waals surface area contributed by atoms with Crippen LogP contribution in [0.5, 0.6) is 0 Å². The fourth-order valence-corrected chi connectivity index (χ4v) is 2.44. The van der Waals surface area contributed by atoms with Gasteiger partial charge in [-0.15, -0.1) is 0 Å². The molecular formula is C17H18F3NO3. The summed E-state index contributed by atoms with van der Waals surface area (Å²) in [7, 11) is 0. The molecule has 7 heteroatoms. The van der Waals surface area contributed by atoms with Crippen molar-refractivity contribution >= 4 is 16.9 Å². The van der Waals surface area contributed by atoms with E-state index in [9.17, 15) is 22.8 Å². The summed E-state index contributed by atoms with van der Waals surface area (Å²) in [5, 5.41) is 0.0638. The number of nitrogens with zero attached hydrogens (tertiary/aromatic N) is 1. The first-order valence-corrected chi connectivity index (χ1v) is 7.63. The van der Waals surface area contributed by atoms with Gasteiger partial charge in [0.25, 0.3) is 0 Å². The van der Waals surface area contributed by atoms with Gasteiger partial charge in [0.05, 0.1) is 17.7 Å². The summed E-state index contributed by atoms with van der Waals surface area (Å²) < 4.78 is 45.3. The molecule has 0 bridgehead atoms. The molecule has 0 aliphatic heterocycles. The average molecular weight is 341 g/mol. The SMILES string of the molecule is CCOC(=O)c1cn([C@H](C)CC)c2cc(C(F)(F)F)ccc2c1=O. The van der Waals surface area contributed by atoms with Crippen LogP contribution in [0.25, 0.3) is 10.9 Å². The molecule has 24 heavy (non-hydrogen) atoms. The van der Waals surface area contributed by atoms with Crippen molar-refractivity contribution in [2.45, 2.75) is 39.4 Å². The Labute approximate surface area is 136 Å². The van der Waals surface area contributed by atoms with Crippen LogP contribution in [-0.2, 0) is 10.9 Å². The minimum absolute atomic E-state index is 0.0638. The molecule has 1 aromatic carbocycles. The van der Waals surface area contributed by atoms with Gasteiger partial charge in [-0.1, -0.05) is 6.92 Å². The van der Waals surface area contributed by atoms with Gasteiger partial charge >= 0.3 is 12.1 Å². The molecular weight excluding hydrogens is 323 g/mol. The van der Waals surface area contributed by atoms with Crippen molar-refractivity contribution in [1.82, 2.24) is 4.57 Å². The number of carbonyl (C=O) groups excluding carboxylic acids is 1. The number of esters is 1. The van der Waals surface area contributed by atoms with E-state index in [0.717, 1.165) is 18.2 Å². The zero-order valence-electron chi connectivity index (χ0n) is 13.6. The minimum Gasteiger partial charge on any atom is -0.462 e. The topological polar surface area (TPSA) is 48.3 Å². The number of hydrogen-bond donors (Lipinski definition) is 0. The summed E-state index contributed by atoms with van der Waals surface area (Å²) >= 11 is 0. The number of alkyl halides is 3. The van der Waals surface area contributed by atoms with E-state index in [1.807, 2.05) is 6.92 Å². The number of halogens is 3. The van der Waals surface area contributed by atoms with Crippen LogP contribution < -0.4 is 5.43 Å². The monoisotopic (exact) mass is 341 g/mol. The Bertz CT molecular complexity index is 824. The molecule has 0 amide bonds. The Hall–Kier alpha value is -2.31. The molecule has 0 saturated heterocycles. The van der Waals surface area contributed by atoms with Gasteiger partial charge in [0.1, 0.15) is 5.56 Å². The van der Waals surface area contributed by atoms with Gasteiger partial charge in [0.2, 0.25) is 5.43 Å². The van der Waals surface area contributed by atoms with Gasteiger partial charge in [-0.25, -0.2) is 4.79 Å². The molecule has 1 atom stereocenters. The quantitative estimate of drug-likeness (QED) is 0.784. The van der Waals surface area contributed by atoms with E-state index in [0.29, 0.717) is 6.42 Å². The number of ether oxygens (including phenoxy) is 1. The predicted molar refractivity (Wildman–Crippen MR) is 84.2 cm³/mol. The first-order valence-electron chi connectivity index (χ1n) is 7.63. The lowest BCUT2D eigenvalue weighted by Gasteiger charge is -2.19. The van der Waals surface area contributed by atoms with Crippen molar-refractivity contribution in [2.75, 3.05) is 6.61 Å². The molecule has 0 saturated carbocycles. The van der Waals surface area contributed by atoms with Crippen molar-refractivity contribution < 1.29 is 22.7 Å². The smallest absolute Gasteiger partial charge is 0.416 e. The van der Waals surface area contributed by atoms with E-state index < -0.39 is 23.1 Å². The van der Waals surface area contributed by atoms with E-state index >= 15 is 0 Å². The standard InChI is InChI=1S/C17H18F3NO3/c1-4-10(3)21-9-13(16(23)24-5-2)15(22)12-7-6-11(8-14(12)21)17(18,19)20/h6-10H,4-5H2,1-3H3/t10-/m1/s1. The van der Waals surface area contributed by atoms with Crippen LogP contribution in [0.3, 0.4) is 0 Å². The minimum atomic E-state index is -4.51. The van der Waals surface area contributed by atoms with Gasteiger partial charge < -0.3 is 9.30 Å². The second-order valence-electron chi connectivity index (χ2n) is 5.49. The van der Waals surface area contributed by atoms with E-state index in [-0.39, 0.29) is 29.1 Å². The first kappa shape index (κ1) is 18.0. The first-order chi connectivity index (χ1) is 11.2. The molecule has 130 valence electrons. The highest BCUT2D eigenvalue weighted by molar-refractivity contribution is 5.94. The third kappa shape index (κ3) is 3.29. The molecule has 4 nitrogen and oxygen atoms in total. The highest BCUT2D eigenvalue weighted by Crippen LogP contribution is 2.31. The number of carbonyl (C=O) groups is 1. The number of aromatic nitrogens is 1. The molecule has 2 rings (SSSR count). The zero-order valence-corrected chi connectivity index (χ0v) is 13.6. The second kappa shape index (κ2) is 6.67. The number of hydrogen-bond acceptors (Lipinski definition) is 3. The Kier molecular flexibility index (Phi) is 5.01. The normalized spacial score (nSPS) is 13.1. The van der Waals surface area contributed by atoms with Crippen LogP contribution in [0.4, 0.5) is 13.2 Å². The second-order valence-corrected chi connectivity index (χ2v) is 5.49. The lowest BCUT2D eigenvalue weighted by atomic mass is 10.1. The molecule has 1 aromatic heterocycles. The maximum absolute atomic E-state index is 13.0. The summed E-state index contributed by atoms with van der Waals surface area (Å²) in [6, 6.07) is 2.71. The van der Waals surface area contributed by atoms with Crippen LogP contribution in [0.2, 0.25) is 0 Å². The number of rotatable bonds is 4. The van der Waals surface area contributed by atoms with E-state index in [1.54, 1.807) is 13.8 Å². The summed E-state index contributed by atoms with van der Waals surface area (Å²) in [6.07, 6.45) is -2.60. The van der Waals surface area contributed by atoms with Gasteiger partial charge in [-0.3, -0.25) is 4.79 Å². The molecule has 2 aromatic rings. The molecule has 0 spiro atoms. The van der Waals surface area contributed by atoms with Crippen LogP contribution in [0.15, 0.2) is 29.2 Å². The van der Waals surface area contributed by atoms with Crippen LogP contribution in [0, 0.1) is 0 Å². The summed E-state index contributed by atoms with van der Waals surface area (Å²) in [6.45, 7) is 5.39. The van der Waals surface area contributed by atoms with Crippen LogP contribution in [-0.4, -0.2) is 17.1 Å². The maximum atomic E-state index is 13.0. The number of benzene rings is 1. The lowest BCUT2D eigenvalue weighted by molar-refractivity contribution is -0.137.